The molecule has 0 aromatic carbocycles. The Morgan fingerprint density at radius 2 is 1.46 bits per heavy atom. The van der Waals surface area contributed by atoms with Crippen LogP contribution in [0.15, 0.2) is 0 Å². The van der Waals surface area contributed by atoms with Gasteiger partial charge < -0.3 is 5.11 Å². The summed E-state index contributed by atoms with van der Waals surface area (Å²) in [7, 11) is 0. The normalized spacial score (nSPS) is 46.4. The molecule has 2 heterocycles. The number of rotatable bonds is 1. The number of fused-ring (bicyclic) bond motifs is 2. The SMILES string of the molecule is OC1C[C@@H]2CCC[C@@H](C1)N2C1CC1. The van der Waals surface area contributed by atoms with Crippen molar-refractivity contribution in [1.29, 1.82) is 0 Å². The van der Waals surface area contributed by atoms with Crippen molar-refractivity contribution >= 4 is 0 Å². The molecule has 1 aliphatic carbocycles. The Morgan fingerprint density at radius 1 is 0.846 bits per heavy atom. The van der Waals surface area contributed by atoms with E-state index in [9.17, 15) is 5.11 Å². The second-order valence-electron chi connectivity index (χ2n) is 5.04. The molecule has 2 bridgehead atoms. The molecule has 0 aromatic heterocycles. The zero-order valence-electron chi connectivity index (χ0n) is 8.15. The minimum atomic E-state index is 0.00491. The van der Waals surface area contributed by atoms with E-state index in [4.69, 9.17) is 0 Å². The Hall–Kier alpha value is -0.0800. The molecule has 0 amide bonds. The van der Waals surface area contributed by atoms with Crippen molar-refractivity contribution in [1.82, 2.24) is 4.90 Å². The van der Waals surface area contributed by atoms with Crippen LogP contribution in [0.5, 0.6) is 0 Å². The summed E-state index contributed by atoms with van der Waals surface area (Å²) in [5.74, 6) is 0. The fourth-order valence-corrected chi connectivity index (χ4v) is 3.36. The van der Waals surface area contributed by atoms with Crippen LogP contribution in [0, 0.1) is 0 Å². The van der Waals surface area contributed by atoms with Crippen molar-refractivity contribution in [3.8, 4) is 0 Å². The first kappa shape index (κ1) is 8.25. The molecule has 1 N–H and O–H groups in total. The van der Waals surface area contributed by atoms with E-state index in [0.29, 0.717) is 0 Å². The molecule has 13 heavy (non-hydrogen) atoms. The third-order valence-corrected chi connectivity index (χ3v) is 3.97. The summed E-state index contributed by atoms with van der Waals surface area (Å²) in [6.45, 7) is 0. The van der Waals surface area contributed by atoms with Crippen LogP contribution in [0.1, 0.15) is 44.9 Å². The molecule has 3 fully saturated rings. The maximum absolute atomic E-state index is 9.71. The van der Waals surface area contributed by atoms with Crippen LogP contribution in [0.2, 0.25) is 0 Å². The quantitative estimate of drug-likeness (QED) is 0.663. The molecule has 3 aliphatic rings. The topological polar surface area (TPSA) is 23.5 Å². The first-order valence-corrected chi connectivity index (χ1v) is 5.80. The summed E-state index contributed by atoms with van der Waals surface area (Å²) >= 11 is 0. The van der Waals surface area contributed by atoms with Crippen LogP contribution in [0.25, 0.3) is 0 Å². The average Bonchev–Trinajstić information content (AvgIpc) is 2.85. The van der Waals surface area contributed by atoms with Gasteiger partial charge in [0, 0.05) is 18.1 Å². The minimum absolute atomic E-state index is 0.00491. The largest absolute Gasteiger partial charge is 0.393 e. The molecule has 2 aliphatic heterocycles. The minimum Gasteiger partial charge on any atom is -0.393 e. The van der Waals surface area contributed by atoms with E-state index in [0.717, 1.165) is 31.0 Å². The second kappa shape index (κ2) is 2.96. The first-order valence-electron chi connectivity index (χ1n) is 5.80. The number of nitrogens with zero attached hydrogens (tertiary/aromatic N) is 1. The van der Waals surface area contributed by atoms with Gasteiger partial charge in [0.05, 0.1) is 6.10 Å². The van der Waals surface area contributed by atoms with Gasteiger partial charge >= 0.3 is 0 Å². The van der Waals surface area contributed by atoms with Crippen molar-refractivity contribution in [2.24, 2.45) is 0 Å². The molecule has 2 saturated heterocycles. The second-order valence-corrected chi connectivity index (χ2v) is 5.04. The summed E-state index contributed by atoms with van der Waals surface area (Å²) in [5, 5.41) is 9.71. The lowest BCUT2D eigenvalue weighted by Gasteiger charge is -2.48. The van der Waals surface area contributed by atoms with Gasteiger partial charge in [0.25, 0.3) is 0 Å². The first-order chi connectivity index (χ1) is 6.34. The highest BCUT2D eigenvalue weighted by Crippen LogP contribution is 2.41. The Kier molecular flexibility index (Phi) is 1.88. The van der Waals surface area contributed by atoms with Gasteiger partial charge in [0.15, 0.2) is 0 Å². The Labute approximate surface area is 79.9 Å². The van der Waals surface area contributed by atoms with Gasteiger partial charge in [-0.25, -0.2) is 0 Å². The lowest BCUT2D eigenvalue weighted by Crippen LogP contribution is -2.54. The van der Waals surface area contributed by atoms with Gasteiger partial charge in [-0.3, -0.25) is 4.90 Å². The monoisotopic (exact) mass is 181 g/mol. The van der Waals surface area contributed by atoms with Crippen LogP contribution < -0.4 is 0 Å². The molecule has 0 radical (unpaired) electrons. The number of aliphatic hydroxyl groups is 1. The third kappa shape index (κ3) is 1.40. The molecule has 2 heteroatoms. The standard InChI is InChI=1S/C11H19NO/c13-11-6-9-2-1-3-10(7-11)12(9)8-4-5-8/h8-11,13H,1-7H2/t9-,10-/m0/s1. The molecule has 0 spiro atoms. The summed E-state index contributed by atoms with van der Waals surface area (Å²) in [4.78, 5) is 2.75. The van der Waals surface area contributed by atoms with Crippen LogP contribution in [-0.2, 0) is 0 Å². The molecular formula is C11H19NO. The fraction of sp³-hybridized carbons (Fsp3) is 1.00. The predicted octanol–water partition coefficient (Wildman–Crippen LogP) is 1.53. The molecular weight excluding hydrogens is 162 g/mol. The Balaban J connectivity index is 1.78. The van der Waals surface area contributed by atoms with E-state index in [1.54, 1.807) is 0 Å². The third-order valence-electron chi connectivity index (χ3n) is 3.97. The highest BCUT2D eigenvalue weighted by atomic mass is 16.3. The smallest absolute Gasteiger partial charge is 0.0570 e. The molecule has 74 valence electrons. The van der Waals surface area contributed by atoms with Gasteiger partial charge in [-0.15, -0.1) is 0 Å². The fourth-order valence-electron chi connectivity index (χ4n) is 3.36. The average molecular weight is 181 g/mol. The van der Waals surface area contributed by atoms with E-state index >= 15 is 0 Å². The van der Waals surface area contributed by atoms with Crippen LogP contribution >= 0.6 is 0 Å². The van der Waals surface area contributed by atoms with E-state index in [1.165, 1.54) is 32.1 Å². The zero-order chi connectivity index (χ0) is 8.84. The lowest BCUT2D eigenvalue weighted by atomic mass is 9.83. The van der Waals surface area contributed by atoms with Gasteiger partial charge in [0.1, 0.15) is 0 Å². The molecule has 0 unspecified atom stereocenters. The van der Waals surface area contributed by atoms with Crippen molar-refractivity contribution in [3.63, 3.8) is 0 Å². The summed E-state index contributed by atoms with van der Waals surface area (Å²) < 4.78 is 0. The van der Waals surface area contributed by atoms with Crippen molar-refractivity contribution < 1.29 is 5.11 Å². The maximum atomic E-state index is 9.71. The summed E-state index contributed by atoms with van der Waals surface area (Å²) in [5.41, 5.74) is 0. The van der Waals surface area contributed by atoms with Crippen LogP contribution in [0.3, 0.4) is 0 Å². The molecule has 2 nitrogen and oxygen atoms in total. The van der Waals surface area contributed by atoms with Crippen LogP contribution in [0.4, 0.5) is 0 Å². The molecule has 2 atom stereocenters. The molecule has 1 saturated carbocycles. The van der Waals surface area contributed by atoms with E-state index in [2.05, 4.69) is 4.90 Å². The van der Waals surface area contributed by atoms with Gasteiger partial charge in [-0.05, 0) is 38.5 Å². The van der Waals surface area contributed by atoms with E-state index < -0.39 is 0 Å². The van der Waals surface area contributed by atoms with Crippen molar-refractivity contribution in [2.45, 2.75) is 69.2 Å². The highest BCUT2D eigenvalue weighted by molar-refractivity contribution is 4.99. The lowest BCUT2D eigenvalue weighted by molar-refractivity contribution is -0.0312. The summed E-state index contributed by atoms with van der Waals surface area (Å²) in [6.07, 6.45) is 9.01. The van der Waals surface area contributed by atoms with E-state index in [1.807, 2.05) is 0 Å². The van der Waals surface area contributed by atoms with Gasteiger partial charge in [-0.1, -0.05) is 6.42 Å². The van der Waals surface area contributed by atoms with Crippen molar-refractivity contribution in [3.05, 3.63) is 0 Å². The van der Waals surface area contributed by atoms with Crippen LogP contribution in [-0.4, -0.2) is 34.2 Å². The van der Waals surface area contributed by atoms with Gasteiger partial charge in [0.2, 0.25) is 0 Å². The van der Waals surface area contributed by atoms with Crippen molar-refractivity contribution in [2.75, 3.05) is 0 Å². The number of aliphatic hydroxyl groups excluding tert-OH is 1. The Morgan fingerprint density at radius 3 is 2.00 bits per heavy atom. The summed E-state index contributed by atoms with van der Waals surface area (Å²) in [6, 6.07) is 2.37. The number of hydrogen-bond donors (Lipinski definition) is 1. The van der Waals surface area contributed by atoms with Gasteiger partial charge in [-0.2, -0.15) is 0 Å². The number of hydrogen-bond acceptors (Lipinski definition) is 2. The van der Waals surface area contributed by atoms with E-state index in [-0.39, 0.29) is 6.10 Å². The highest BCUT2D eigenvalue weighted by Gasteiger charge is 2.44. The number of piperidine rings is 2. The Bertz CT molecular complexity index is 188. The molecule has 3 rings (SSSR count). The maximum Gasteiger partial charge on any atom is 0.0570 e. The predicted molar refractivity (Wildman–Crippen MR) is 51.5 cm³/mol. The molecule has 0 aromatic rings. The zero-order valence-corrected chi connectivity index (χ0v) is 8.15.